The molecule has 0 spiro atoms. The fraction of sp³-hybridized carbons (Fsp3) is 0.158. The summed E-state index contributed by atoms with van der Waals surface area (Å²) >= 11 is 6.09. The first-order valence-corrected chi connectivity index (χ1v) is 8.32. The number of hydrogen-bond donors (Lipinski definition) is 1. The zero-order valence-electron chi connectivity index (χ0n) is 14.4. The third-order valence-corrected chi connectivity index (χ3v) is 4.10. The van der Waals surface area contributed by atoms with E-state index in [0.29, 0.717) is 28.7 Å². The number of carbonyl (C=O) groups is 1. The standard InChI is InChI=1S/C19H17ClN4O2/c1-12-18(14(20)8-9-21-12)19(25)23-11-13-6-7-15(22-10-13)16-4-3-5-17(24-16)26-2/h3-10H,11H2,1-2H3,(H,23,25). The number of methoxy groups -OCH3 is 1. The molecule has 0 aliphatic carbocycles. The van der Waals surface area contributed by atoms with Crippen LogP contribution in [0.4, 0.5) is 0 Å². The number of nitrogens with zero attached hydrogens (tertiary/aromatic N) is 3. The summed E-state index contributed by atoms with van der Waals surface area (Å²) in [7, 11) is 1.57. The molecular weight excluding hydrogens is 352 g/mol. The lowest BCUT2D eigenvalue weighted by Gasteiger charge is -2.09. The van der Waals surface area contributed by atoms with Gasteiger partial charge in [-0.2, -0.15) is 0 Å². The van der Waals surface area contributed by atoms with Crippen molar-refractivity contribution in [2.24, 2.45) is 0 Å². The Hall–Kier alpha value is -2.99. The molecular formula is C19H17ClN4O2. The lowest BCUT2D eigenvalue weighted by atomic mass is 10.1. The fourth-order valence-corrected chi connectivity index (χ4v) is 2.71. The Bertz CT molecular complexity index is 909. The number of carbonyl (C=O) groups excluding carboxylic acids is 1. The Morgan fingerprint density at radius 3 is 2.69 bits per heavy atom. The van der Waals surface area contributed by atoms with Gasteiger partial charge in [0.05, 0.1) is 34.8 Å². The number of nitrogens with one attached hydrogen (secondary N) is 1. The second-order valence-corrected chi connectivity index (χ2v) is 5.96. The molecule has 0 saturated carbocycles. The number of ether oxygens (including phenoxy) is 1. The molecule has 6 nitrogen and oxygen atoms in total. The summed E-state index contributed by atoms with van der Waals surface area (Å²) in [5, 5.41) is 3.22. The average molecular weight is 369 g/mol. The van der Waals surface area contributed by atoms with E-state index < -0.39 is 0 Å². The van der Waals surface area contributed by atoms with Gasteiger partial charge < -0.3 is 10.1 Å². The molecule has 3 rings (SSSR count). The van der Waals surface area contributed by atoms with E-state index in [4.69, 9.17) is 16.3 Å². The lowest BCUT2D eigenvalue weighted by Crippen LogP contribution is -2.24. The number of aromatic nitrogens is 3. The van der Waals surface area contributed by atoms with Crippen LogP contribution >= 0.6 is 11.6 Å². The fourth-order valence-electron chi connectivity index (χ4n) is 2.43. The van der Waals surface area contributed by atoms with Gasteiger partial charge in [-0.05, 0) is 30.7 Å². The molecule has 0 bridgehead atoms. The van der Waals surface area contributed by atoms with Crippen molar-refractivity contribution in [2.45, 2.75) is 13.5 Å². The van der Waals surface area contributed by atoms with Gasteiger partial charge in [-0.15, -0.1) is 0 Å². The van der Waals surface area contributed by atoms with Gasteiger partial charge in [0.1, 0.15) is 0 Å². The first kappa shape index (κ1) is 17.8. The maximum atomic E-state index is 12.3. The van der Waals surface area contributed by atoms with E-state index in [1.807, 2.05) is 24.3 Å². The molecule has 0 radical (unpaired) electrons. The van der Waals surface area contributed by atoms with Crippen LogP contribution in [0.3, 0.4) is 0 Å². The van der Waals surface area contributed by atoms with Crippen molar-refractivity contribution in [3.63, 3.8) is 0 Å². The molecule has 0 aliphatic rings. The Kier molecular flexibility index (Phi) is 5.43. The van der Waals surface area contributed by atoms with Gasteiger partial charge in [-0.3, -0.25) is 14.8 Å². The molecule has 1 amide bonds. The monoisotopic (exact) mass is 368 g/mol. The highest BCUT2D eigenvalue weighted by molar-refractivity contribution is 6.33. The average Bonchev–Trinajstić information content (AvgIpc) is 2.66. The Balaban J connectivity index is 1.69. The van der Waals surface area contributed by atoms with E-state index in [1.54, 1.807) is 38.6 Å². The quantitative estimate of drug-likeness (QED) is 0.746. The highest BCUT2D eigenvalue weighted by Gasteiger charge is 2.14. The molecule has 1 N–H and O–H groups in total. The summed E-state index contributed by atoms with van der Waals surface area (Å²) in [6.45, 7) is 2.08. The zero-order chi connectivity index (χ0) is 18.5. The normalized spacial score (nSPS) is 10.4. The van der Waals surface area contributed by atoms with Gasteiger partial charge in [-0.1, -0.05) is 23.7 Å². The first-order valence-electron chi connectivity index (χ1n) is 7.94. The Morgan fingerprint density at radius 2 is 2.00 bits per heavy atom. The smallest absolute Gasteiger partial charge is 0.254 e. The van der Waals surface area contributed by atoms with Crippen LogP contribution in [0, 0.1) is 6.92 Å². The lowest BCUT2D eigenvalue weighted by molar-refractivity contribution is 0.0950. The van der Waals surface area contributed by atoms with Crippen LogP contribution in [0.1, 0.15) is 21.6 Å². The second kappa shape index (κ2) is 7.93. The number of hydrogen-bond acceptors (Lipinski definition) is 5. The van der Waals surface area contributed by atoms with Crippen molar-refractivity contribution in [1.29, 1.82) is 0 Å². The van der Waals surface area contributed by atoms with Crippen LogP contribution in [-0.2, 0) is 6.54 Å². The van der Waals surface area contributed by atoms with Gasteiger partial charge in [0.25, 0.3) is 5.91 Å². The molecule has 132 valence electrons. The maximum absolute atomic E-state index is 12.3. The van der Waals surface area contributed by atoms with Crippen LogP contribution in [0.5, 0.6) is 5.88 Å². The molecule has 3 heterocycles. The Labute approximate surface area is 156 Å². The summed E-state index contributed by atoms with van der Waals surface area (Å²) in [5.74, 6) is 0.267. The van der Waals surface area contributed by atoms with E-state index in [2.05, 4.69) is 20.3 Å². The third-order valence-electron chi connectivity index (χ3n) is 3.79. The molecule has 7 heteroatoms. The van der Waals surface area contributed by atoms with E-state index in [-0.39, 0.29) is 5.91 Å². The van der Waals surface area contributed by atoms with Gasteiger partial charge >= 0.3 is 0 Å². The van der Waals surface area contributed by atoms with E-state index in [1.165, 1.54) is 0 Å². The molecule has 0 aliphatic heterocycles. The molecule has 0 atom stereocenters. The van der Waals surface area contributed by atoms with Crippen LogP contribution in [0.2, 0.25) is 5.02 Å². The minimum atomic E-state index is -0.265. The highest BCUT2D eigenvalue weighted by atomic mass is 35.5. The van der Waals surface area contributed by atoms with Crippen molar-refractivity contribution in [3.8, 4) is 17.3 Å². The summed E-state index contributed by atoms with van der Waals surface area (Å²) in [6, 6.07) is 10.8. The van der Waals surface area contributed by atoms with Crippen LogP contribution in [0.25, 0.3) is 11.4 Å². The van der Waals surface area contributed by atoms with E-state index >= 15 is 0 Å². The second-order valence-electron chi connectivity index (χ2n) is 5.55. The molecule has 0 saturated heterocycles. The summed E-state index contributed by atoms with van der Waals surface area (Å²) in [4.78, 5) is 25.2. The van der Waals surface area contributed by atoms with Crippen molar-refractivity contribution in [3.05, 3.63) is 70.6 Å². The van der Waals surface area contributed by atoms with Crippen molar-refractivity contribution in [1.82, 2.24) is 20.3 Å². The maximum Gasteiger partial charge on any atom is 0.254 e. The number of pyridine rings is 3. The number of amides is 1. The molecule has 26 heavy (non-hydrogen) atoms. The van der Waals surface area contributed by atoms with Crippen molar-refractivity contribution in [2.75, 3.05) is 7.11 Å². The van der Waals surface area contributed by atoms with Crippen LogP contribution in [0.15, 0.2) is 48.8 Å². The summed E-state index contributed by atoms with van der Waals surface area (Å²) < 4.78 is 5.12. The zero-order valence-corrected chi connectivity index (χ0v) is 15.1. The topological polar surface area (TPSA) is 77.0 Å². The number of rotatable bonds is 5. The van der Waals surface area contributed by atoms with Gasteiger partial charge in [-0.25, -0.2) is 4.98 Å². The molecule has 0 fully saturated rings. The molecule has 3 aromatic heterocycles. The predicted molar refractivity (Wildman–Crippen MR) is 99.2 cm³/mol. The highest BCUT2D eigenvalue weighted by Crippen LogP contribution is 2.19. The SMILES string of the molecule is COc1cccc(-c2ccc(CNC(=O)c3c(Cl)ccnc3C)cn2)n1. The predicted octanol–water partition coefficient (Wildman–Crippen LogP) is 3.44. The minimum absolute atomic E-state index is 0.265. The minimum Gasteiger partial charge on any atom is -0.481 e. The van der Waals surface area contributed by atoms with Crippen molar-refractivity contribution >= 4 is 17.5 Å². The summed E-state index contributed by atoms with van der Waals surface area (Å²) in [5.41, 5.74) is 3.29. The van der Waals surface area contributed by atoms with E-state index in [0.717, 1.165) is 17.0 Å². The Morgan fingerprint density at radius 1 is 1.15 bits per heavy atom. The van der Waals surface area contributed by atoms with Gasteiger partial charge in [0.15, 0.2) is 0 Å². The van der Waals surface area contributed by atoms with Crippen LogP contribution < -0.4 is 10.1 Å². The summed E-state index contributed by atoms with van der Waals surface area (Å²) in [6.07, 6.45) is 3.28. The number of aryl methyl sites for hydroxylation is 1. The molecule has 0 unspecified atom stereocenters. The van der Waals surface area contributed by atoms with Crippen molar-refractivity contribution < 1.29 is 9.53 Å². The van der Waals surface area contributed by atoms with Gasteiger partial charge in [0, 0.05) is 25.0 Å². The first-order chi connectivity index (χ1) is 12.6. The van der Waals surface area contributed by atoms with Crippen LogP contribution in [-0.4, -0.2) is 28.0 Å². The number of halogens is 1. The van der Waals surface area contributed by atoms with E-state index in [9.17, 15) is 4.79 Å². The van der Waals surface area contributed by atoms with Gasteiger partial charge in [0.2, 0.25) is 5.88 Å². The third kappa shape index (κ3) is 3.97. The molecule has 0 aromatic carbocycles. The molecule has 3 aromatic rings. The largest absolute Gasteiger partial charge is 0.481 e.